The number of rotatable bonds is 16. The second-order valence-electron chi connectivity index (χ2n) is 13.4. The number of nitrogens with two attached hydrogens (primary N) is 1. The lowest BCUT2D eigenvalue weighted by atomic mass is 9.90. The first-order chi connectivity index (χ1) is 23.7. The molecule has 5 N–H and O–H groups in total. The van der Waals surface area contributed by atoms with Crippen LogP contribution in [0.1, 0.15) is 58.1 Å². The van der Waals surface area contributed by atoms with Gasteiger partial charge < -0.3 is 24.3 Å². The van der Waals surface area contributed by atoms with Crippen LogP contribution in [0.15, 0.2) is 36.8 Å². The number of ether oxygens (including phenoxy) is 4. The number of methoxy groups -OCH3 is 1. The number of anilines is 2. The van der Waals surface area contributed by atoms with E-state index in [0.29, 0.717) is 54.6 Å². The Morgan fingerprint density at radius 3 is 2.51 bits per heavy atom. The van der Waals surface area contributed by atoms with Gasteiger partial charge in [-0.1, -0.05) is 19.9 Å². The maximum absolute atomic E-state index is 9.65. The Labute approximate surface area is 288 Å². The minimum Gasteiger partial charge on any atom is -0.487 e. The molecule has 2 fully saturated rings. The van der Waals surface area contributed by atoms with E-state index in [9.17, 15) is 5.26 Å². The smallest absolute Gasteiger partial charge is 0.256 e. The Kier molecular flexibility index (Phi) is 12.4. The van der Waals surface area contributed by atoms with Gasteiger partial charge >= 0.3 is 0 Å². The highest BCUT2D eigenvalue weighted by Gasteiger charge is 2.29. The average molecular weight is 676 g/mol. The van der Waals surface area contributed by atoms with Gasteiger partial charge in [0.25, 0.3) is 5.88 Å². The standard InChI is InChI=1S/C34H49N11O4/c1-24(19-44(23-36)42-37)49-31-15-25(5-6-26(31)16-35)27-17-38-33(39-18-27)40-30-20-45(41-32(30)48-22-34(2,3)21-46-4)29-9-7-28(8-10-29)43-11-13-47-14-12-43/h5-6,15,17-18,20,23-24,28-29,36,42H,7-14,19,21-22,37H2,1-4H3,(H,38,39,40)/t24-,28?,29?/m0/s1. The number of aromatic nitrogens is 4. The van der Waals surface area contributed by atoms with Crippen molar-refractivity contribution in [2.45, 2.75) is 64.6 Å². The third kappa shape index (κ3) is 9.64. The van der Waals surface area contributed by atoms with Crippen LogP contribution >= 0.6 is 0 Å². The number of benzene rings is 1. The number of nitrogens with zero attached hydrogens (tertiary/aromatic N) is 7. The SMILES string of the molecule is COCC(C)(C)COc1nn(C2CCC(N3CCOCC3)CC2)cc1Nc1ncc(-c2ccc(C#N)c(O[C@@H](C)CN(C=N)NN)c2)cn1. The van der Waals surface area contributed by atoms with Gasteiger partial charge in [-0.3, -0.25) is 25.8 Å². The van der Waals surface area contributed by atoms with Crippen LogP contribution in [0.5, 0.6) is 11.6 Å². The summed E-state index contributed by atoms with van der Waals surface area (Å²) >= 11 is 0. The largest absolute Gasteiger partial charge is 0.487 e. The van der Waals surface area contributed by atoms with Crippen molar-refractivity contribution in [3.8, 4) is 28.8 Å². The van der Waals surface area contributed by atoms with Crippen LogP contribution in [0, 0.1) is 22.2 Å². The van der Waals surface area contributed by atoms with Crippen LogP contribution in [-0.4, -0.2) is 101 Å². The van der Waals surface area contributed by atoms with E-state index in [1.165, 1.54) is 5.01 Å². The van der Waals surface area contributed by atoms with Crippen molar-refractivity contribution in [3.05, 3.63) is 42.4 Å². The van der Waals surface area contributed by atoms with Crippen molar-refractivity contribution in [2.24, 2.45) is 11.3 Å². The van der Waals surface area contributed by atoms with Gasteiger partial charge in [-0.05, 0) is 50.3 Å². The molecule has 1 aliphatic heterocycles. The highest BCUT2D eigenvalue weighted by atomic mass is 16.5. The molecule has 0 amide bonds. The molecule has 0 bridgehead atoms. The molecule has 0 spiro atoms. The normalized spacial score (nSPS) is 19.1. The fourth-order valence-corrected chi connectivity index (χ4v) is 6.31. The molecule has 1 aromatic carbocycles. The van der Waals surface area contributed by atoms with Gasteiger partial charge in [-0.2, -0.15) is 10.8 Å². The molecule has 49 heavy (non-hydrogen) atoms. The predicted octanol–water partition coefficient (Wildman–Crippen LogP) is 3.88. The van der Waals surface area contributed by atoms with Crippen LogP contribution in [0.3, 0.4) is 0 Å². The molecule has 2 aromatic heterocycles. The molecule has 2 aliphatic rings. The first-order valence-electron chi connectivity index (χ1n) is 16.8. The number of hydrazine groups is 2. The lowest BCUT2D eigenvalue weighted by molar-refractivity contribution is 0.00499. The molecule has 264 valence electrons. The Hall–Kier alpha value is -4.33. The topological polar surface area (TPSA) is 185 Å². The van der Waals surface area contributed by atoms with Gasteiger partial charge in [0.05, 0.1) is 57.1 Å². The first-order valence-corrected chi connectivity index (χ1v) is 16.8. The molecule has 3 heterocycles. The van der Waals surface area contributed by atoms with Crippen molar-refractivity contribution in [1.29, 1.82) is 10.7 Å². The summed E-state index contributed by atoms with van der Waals surface area (Å²) in [4.78, 5) is 11.8. The van der Waals surface area contributed by atoms with Gasteiger partial charge in [-0.25, -0.2) is 9.97 Å². The maximum Gasteiger partial charge on any atom is 0.256 e. The fraction of sp³-hybridized carbons (Fsp3) is 0.559. The summed E-state index contributed by atoms with van der Waals surface area (Å²) in [6, 6.07) is 8.37. The van der Waals surface area contributed by atoms with E-state index in [1.807, 2.05) is 23.9 Å². The van der Waals surface area contributed by atoms with Crippen molar-refractivity contribution >= 4 is 18.0 Å². The molecular weight excluding hydrogens is 626 g/mol. The van der Waals surface area contributed by atoms with Gasteiger partial charge in [0, 0.05) is 49.6 Å². The molecule has 15 nitrogen and oxygen atoms in total. The van der Waals surface area contributed by atoms with Crippen molar-refractivity contribution < 1.29 is 18.9 Å². The molecule has 5 rings (SSSR count). The van der Waals surface area contributed by atoms with Gasteiger partial charge in [0.15, 0.2) is 0 Å². The summed E-state index contributed by atoms with van der Waals surface area (Å²) in [5.41, 5.74) is 4.84. The minimum absolute atomic E-state index is 0.202. The fourth-order valence-electron chi connectivity index (χ4n) is 6.31. The molecule has 0 unspecified atom stereocenters. The molecule has 1 aliphatic carbocycles. The zero-order valence-electron chi connectivity index (χ0n) is 28.9. The summed E-state index contributed by atoms with van der Waals surface area (Å²) < 4.78 is 25.3. The Morgan fingerprint density at radius 2 is 1.86 bits per heavy atom. The number of hydrogen-bond donors (Lipinski definition) is 4. The summed E-state index contributed by atoms with van der Waals surface area (Å²) in [5, 5.41) is 26.7. The quantitative estimate of drug-likeness (QED) is 0.0743. The third-order valence-electron chi connectivity index (χ3n) is 8.87. The molecule has 1 saturated heterocycles. The number of hydrogen-bond acceptors (Lipinski definition) is 13. The molecule has 0 radical (unpaired) electrons. The Bertz CT molecular complexity index is 1540. The molecule has 15 heteroatoms. The van der Waals surface area contributed by atoms with Crippen molar-refractivity contribution in [3.63, 3.8) is 0 Å². The van der Waals surface area contributed by atoms with E-state index in [1.54, 1.807) is 31.6 Å². The van der Waals surface area contributed by atoms with Gasteiger partial charge in [-0.15, -0.1) is 5.10 Å². The van der Waals surface area contributed by atoms with Crippen molar-refractivity contribution in [2.75, 3.05) is 58.5 Å². The summed E-state index contributed by atoms with van der Waals surface area (Å²) in [7, 11) is 1.69. The highest BCUT2D eigenvalue weighted by molar-refractivity contribution is 5.67. The second-order valence-corrected chi connectivity index (χ2v) is 13.4. The molecule has 3 aromatic rings. The van der Waals surface area contributed by atoms with Crippen molar-refractivity contribution in [1.82, 2.24) is 35.2 Å². The van der Waals surface area contributed by atoms with Gasteiger partial charge in [0.1, 0.15) is 23.6 Å². The Balaban J connectivity index is 1.30. The maximum atomic E-state index is 9.65. The molecule has 1 saturated carbocycles. The lowest BCUT2D eigenvalue weighted by Gasteiger charge is -2.38. The monoisotopic (exact) mass is 675 g/mol. The van der Waals surface area contributed by atoms with Crippen LogP contribution in [-0.2, 0) is 9.47 Å². The minimum atomic E-state index is -0.361. The first kappa shape index (κ1) is 36.0. The van der Waals surface area contributed by atoms with E-state index in [-0.39, 0.29) is 17.6 Å². The molecule has 1 atom stereocenters. The van der Waals surface area contributed by atoms with Crippen LogP contribution in [0.4, 0.5) is 11.6 Å². The van der Waals surface area contributed by atoms with Crippen LogP contribution < -0.4 is 26.2 Å². The molecular formula is C34H49N11O4. The van der Waals surface area contributed by atoms with Crippen LogP contribution in [0.25, 0.3) is 11.1 Å². The predicted molar refractivity (Wildman–Crippen MR) is 185 cm³/mol. The average Bonchev–Trinajstić information content (AvgIpc) is 3.53. The Morgan fingerprint density at radius 1 is 1.14 bits per heavy atom. The second kappa shape index (κ2) is 16.9. The van der Waals surface area contributed by atoms with E-state index >= 15 is 0 Å². The zero-order valence-corrected chi connectivity index (χ0v) is 28.9. The summed E-state index contributed by atoms with van der Waals surface area (Å²) in [6.45, 7) is 11.0. The summed E-state index contributed by atoms with van der Waals surface area (Å²) in [5.74, 6) is 6.76. The highest BCUT2D eigenvalue weighted by Crippen LogP contribution is 2.35. The van der Waals surface area contributed by atoms with E-state index in [0.717, 1.165) is 69.5 Å². The number of nitrogens with one attached hydrogen (secondary N) is 3. The number of morpholine rings is 1. The zero-order chi connectivity index (χ0) is 34.8. The van der Waals surface area contributed by atoms with Gasteiger partial charge in [0.2, 0.25) is 5.95 Å². The van der Waals surface area contributed by atoms with E-state index in [2.05, 4.69) is 45.6 Å². The third-order valence-corrected chi connectivity index (χ3v) is 8.87. The number of nitriles is 1. The van der Waals surface area contributed by atoms with E-state index in [4.69, 9.17) is 35.3 Å². The van der Waals surface area contributed by atoms with Crippen LogP contribution in [0.2, 0.25) is 0 Å². The van der Waals surface area contributed by atoms with E-state index < -0.39 is 0 Å². The summed E-state index contributed by atoms with van der Waals surface area (Å²) in [6.07, 6.45) is 10.5. The lowest BCUT2D eigenvalue weighted by Crippen LogP contribution is -2.46.